The summed E-state index contributed by atoms with van der Waals surface area (Å²) >= 11 is 0. The largest absolute Gasteiger partial charge is 0.444 e. The number of hydrogen-bond donors (Lipinski definition) is 0. The Hall–Kier alpha value is -1.57. The molecule has 2 rings (SSSR count). The van der Waals surface area contributed by atoms with Crippen molar-refractivity contribution >= 4 is 0 Å². The van der Waals surface area contributed by atoms with Crippen LogP contribution in [0, 0.1) is 6.92 Å². The molecule has 0 fully saturated rings. The number of aromatic nitrogens is 1. The second kappa shape index (κ2) is 3.66. The molecule has 1 heterocycles. The molecule has 2 aromatic rings. The molecule has 14 heavy (non-hydrogen) atoms. The van der Waals surface area contributed by atoms with Gasteiger partial charge in [0.1, 0.15) is 0 Å². The Balaban J connectivity index is 2.53. The Morgan fingerprint density at radius 3 is 2.86 bits per heavy atom. The van der Waals surface area contributed by atoms with E-state index in [1.165, 1.54) is 17.5 Å². The van der Waals surface area contributed by atoms with Gasteiger partial charge >= 0.3 is 0 Å². The topological polar surface area (TPSA) is 26.0 Å². The van der Waals surface area contributed by atoms with Gasteiger partial charge in [-0.2, -0.15) is 0 Å². The van der Waals surface area contributed by atoms with Crippen molar-refractivity contribution < 1.29 is 4.42 Å². The molecule has 1 aromatic carbocycles. The van der Waals surface area contributed by atoms with Crippen LogP contribution >= 0.6 is 0 Å². The third-order valence-corrected chi connectivity index (χ3v) is 2.34. The van der Waals surface area contributed by atoms with Gasteiger partial charge in [-0.3, -0.25) is 0 Å². The summed E-state index contributed by atoms with van der Waals surface area (Å²) in [6, 6.07) is 6.38. The fourth-order valence-electron chi connectivity index (χ4n) is 1.60. The average Bonchev–Trinajstić information content (AvgIpc) is 2.70. The molecule has 2 nitrogen and oxygen atoms in total. The lowest BCUT2D eigenvalue weighted by atomic mass is 10.0. The Morgan fingerprint density at radius 1 is 1.36 bits per heavy atom. The van der Waals surface area contributed by atoms with Crippen LogP contribution in [0.15, 0.2) is 35.2 Å². The van der Waals surface area contributed by atoms with E-state index in [0.717, 1.165) is 17.7 Å². The fourth-order valence-corrected chi connectivity index (χ4v) is 1.60. The molecule has 0 aliphatic rings. The van der Waals surface area contributed by atoms with Crippen molar-refractivity contribution in [2.24, 2.45) is 0 Å². The van der Waals surface area contributed by atoms with E-state index in [0.29, 0.717) is 0 Å². The predicted octanol–water partition coefficient (Wildman–Crippen LogP) is 3.21. The van der Waals surface area contributed by atoms with Crippen LogP contribution in [0.25, 0.3) is 11.3 Å². The molecule has 0 radical (unpaired) electrons. The summed E-state index contributed by atoms with van der Waals surface area (Å²) in [6.07, 6.45) is 4.23. The molecule has 0 amide bonds. The zero-order chi connectivity index (χ0) is 9.97. The maximum absolute atomic E-state index is 5.29. The first-order chi connectivity index (χ1) is 6.81. The highest BCUT2D eigenvalue weighted by molar-refractivity contribution is 5.61. The van der Waals surface area contributed by atoms with Gasteiger partial charge in [0.15, 0.2) is 12.2 Å². The van der Waals surface area contributed by atoms with Gasteiger partial charge in [-0.1, -0.05) is 30.7 Å². The van der Waals surface area contributed by atoms with Crippen molar-refractivity contribution in [2.45, 2.75) is 20.3 Å². The third kappa shape index (κ3) is 1.55. The lowest BCUT2D eigenvalue weighted by molar-refractivity contribution is 0.571. The van der Waals surface area contributed by atoms with E-state index in [-0.39, 0.29) is 0 Å². The molecule has 0 aliphatic heterocycles. The normalized spacial score (nSPS) is 10.4. The minimum atomic E-state index is 0.849. The van der Waals surface area contributed by atoms with Crippen molar-refractivity contribution in [1.29, 1.82) is 0 Å². The second-order valence-electron chi connectivity index (χ2n) is 3.38. The zero-order valence-electron chi connectivity index (χ0n) is 8.45. The summed E-state index contributed by atoms with van der Waals surface area (Å²) < 4.78 is 5.29. The van der Waals surface area contributed by atoms with Gasteiger partial charge < -0.3 is 4.42 Å². The number of aryl methyl sites for hydroxylation is 2. The maximum atomic E-state index is 5.29. The smallest absolute Gasteiger partial charge is 0.181 e. The molecule has 0 spiro atoms. The van der Waals surface area contributed by atoms with Crippen LogP contribution in [0.3, 0.4) is 0 Å². The van der Waals surface area contributed by atoms with E-state index in [4.69, 9.17) is 4.42 Å². The van der Waals surface area contributed by atoms with Gasteiger partial charge in [-0.05, 0) is 18.9 Å². The second-order valence-corrected chi connectivity index (χ2v) is 3.38. The van der Waals surface area contributed by atoms with Crippen molar-refractivity contribution in [1.82, 2.24) is 4.98 Å². The van der Waals surface area contributed by atoms with E-state index >= 15 is 0 Å². The van der Waals surface area contributed by atoms with Crippen molar-refractivity contribution in [2.75, 3.05) is 0 Å². The summed E-state index contributed by atoms with van der Waals surface area (Å²) in [6.45, 7) is 4.25. The highest BCUT2D eigenvalue weighted by Crippen LogP contribution is 2.24. The van der Waals surface area contributed by atoms with E-state index < -0.39 is 0 Å². The van der Waals surface area contributed by atoms with Gasteiger partial charge in [0.25, 0.3) is 0 Å². The first-order valence-electron chi connectivity index (χ1n) is 4.79. The monoisotopic (exact) mass is 187 g/mol. The van der Waals surface area contributed by atoms with E-state index in [2.05, 4.69) is 37.0 Å². The Labute approximate surface area is 83.6 Å². The molecular weight excluding hydrogens is 174 g/mol. The molecule has 0 aliphatic carbocycles. The van der Waals surface area contributed by atoms with Crippen LogP contribution in [0.5, 0.6) is 0 Å². The summed E-state index contributed by atoms with van der Waals surface area (Å²) in [5, 5.41) is 0. The number of rotatable bonds is 2. The SMILES string of the molecule is CCc1cc(C)ccc1-c1cnco1. The highest BCUT2D eigenvalue weighted by Gasteiger charge is 2.06. The van der Waals surface area contributed by atoms with Crippen molar-refractivity contribution in [3.8, 4) is 11.3 Å². The van der Waals surface area contributed by atoms with Gasteiger partial charge in [0, 0.05) is 5.56 Å². The molecule has 72 valence electrons. The molecule has 2 heteroatoms. The van der Waals surface area contributed by atoms with Crippen LogP contribution in [-0.4, -0.2) is 4.98 Å². The van der Waals surface area contributed by atoms with Crippen molar-refractivity contribution in [3.05, 3.63) is 41.9 Å². The summed E-state index contributed by atoms with van der Waals surface area (Å²) in [5.74, 6) is 0.849. The first kappa shape index (κ1) is 9.00. The number of hydrogen-bond acceptors (Lipinski definition) is 2. The average molecular weight is 187 g/mol. The van der Waals surface area contributed by atoms with Crippen LogP contribution in [-0.2, 0) is 6.42 Å². The van der Waals surface area contributed by atoms with Crippen LogP contribution < -0.4 is 0 Å². The minimum absolute atomic E-state index is 0.849. The third-order valence-electron chi connectivity index (χ3n) is 2.34. The minimum Gasteiger partial charge on any atom is -0.444 e. The van der Waals surface area contributed by atoms with Gasteiger partial charge in [-0.15, -0.1) is 0 Å². The number of benzene rings is 1. The maximum Gasteiger partial charge on any atom is 0.181 e. The number of nitrogens with zero attached hydrogens (tertiary/aromatic N) is 1. The van der Waals surface area contributed by atoms with E-state index in [9.17, 15) is 0 Å². The molecule has 0 saturated heterocycles. The van der Waals surface area contributed by atoms with E-state index in [1.807, 2.05) is 0 Å². The molecule has 0 atom stereocenters. The fraction of sp³-hybridized carbons (Fsp3) is 0.250. The molecular formula is C12H13NO. The molecule has 0 unspecified atom stereocenters. The van der Waals surface area contributed by atoms with Gasteiger partial charge in [0.2, 0.25) is 0 Å². The van der Waals surface area contributed by atoms with Gasteiger partial charge in [-0.25, -0.2) is 4.98 Å². The Bertz CT molecular complexity index is 418. The summed E-state index contributed by atoms with van der Waals surface area (Å²) in [4.78, 5) is 3.93. The molecule has 0 saturated carbocycles. The lowest BCUT2D eigenvalue weighted by Crippen LogP contribution is -1.87. The predicted molar refractivity (Wildman–Crippen MR) is 56.1 cm³/mol. The first-order valence-corrected chi connectivity index (χ1v) is 4.79. The van der Waals surface area contributed by atoms with Crippen LogP contribution in [0.2, 0.25) is 0 Å². The highest BCUT2D eigenvalue weighted by atomic mass is 16.3. The quantitative estimate of drug-likeness (QED) is 0.721. The summed E-state index contributed by atoms with van der Waals surface area (Å²) in [5.41, 5.74) is 3.74. The number of oxazole rings is 1. The Morgan fingerprint density at radius 2 is 2.21 bits per heavy atom. The molecule has 1 aromatic heterocycles. The molecule has 0 bridgehead atoms. The Kier molecular flexibility index (Phi) is 2.35. The van der Waals surface area contributed by atoms with E-state index in [1.54, 1.807) is 6.20 Å². The van der Waals surface area contributed by atoms with Gasteiger partial charge in [0.05, 0.1) is 6.20 Å². The standard InChI is InChI=1S/C12H13NO/c1-3-10-6-9(2)4-5-11(10)12-7-13-8-14-12/h4-8H,3H2,1-2H3. The van der Waals surface area contributed by atoms with Crippen molar-refractivity contribution in [3.63, 3.8) is 0 Å². The van der Waals surface area contributed by atoms with Crippen LogP contribution in [0.4, 0.5) is 0 Å². The molecule has 0 N–H and O–H groups in total. The lowest BCUT2D eigenvalue weighted by Gasteiger charge is -2.05. The van der Waals surface area contributed by atoms with Crippen LogP contribution in [0.1, 0.15) is 18.1 Å². The summed E-state index contributed by atoms with van der Waals surface area (Å²) in [7, 11) is 0. The zero-order valence-corrected chi connectivity index (χ0v) is 8.45.